The van der Waals surface area contributed by atoms with Crippen molar-refractivity contribution in [2.75, 3.05) is 27.1 Å². The van der Waals surface area contributed by atoms with Gasteiger partial charge in [-0.3, -0.25) is 4.79 Å². The molecule has 0 aromatic carbocycles. The van der Waals surface area contributed by atoms with E-state index in [1.54, 1.807) is 6.92 Å². The molecule has 0 atom stereocenters. The highest BCUT2D eigenvalue weighted by Crippen LogP contribution is 2.22. The molecule has 1 saturated heterocycles. The van der Waals surface area contributed by atoms with Crippen LogP contribution in [-0.2, 0) is 19.0 Å². The van der Waals surface area contributed by atoms with E-state index in [1.807, 2.05) is 13.8 Å². The number of hydrogen-bond acceptors (Lipinski definition) is 4. The van der Waals surface area contributed by atoms with Crippen LogP contribution in [0.2, 0.25) is 0 Å². The molecular formula is C9H18O4. The predicted molar refractivity (Wildman–Crippen MR) is 48.2 cm³/mol. The van der Waals surface area contributed by atoms with Crippen molar-refractivity contribution in [3.05, 3.63) is 0 Å². The standard InChI is InChI=1S/C7H12O4.C2H6/c1-7(6(8)9-2)3-10-5-11-4-7;1-2/h3-5H2,1-2H3;1-2H3. The summed E-state index contributed by atoms with van der Waals surface area (Å²) in [5.74, 6) is -0.280. The lowest BCUT2D eigenvalue weighted by molar-refractivity contribution is -0.189. The molecule has 0 bridgehead atoms. The Morgan fingerprint density at radius 2 is 1.77 bits per heavy atom. The average Bonchev–Trinajstić information content (AvgIpc) is 2.21. The summed E-state index contributed by atoms with van der Waals surface area (Å²) >= 11 is 0. The molecule has 4 heteroatoms. The van der Waals surface area contributed by atoms with E-state index in [4.69, 9.17) is 9.47 Å². The molecule has 0 unspecified atom stereocenters. The molecule has 1 rings (SSSR count). The zero-order chi connectivity index (χ0) is 10.3. The maximum atomic E-state index is 11.1. The minimum Gasteiger partial charge on any atom is -0.468 e. The van der Waals surface area contributed by atoms with Crippen LogP contribution in [0.1, 0.15) is 20.8 Å². The number of esters is 1. The number of rotatable bonds is 1. The SMILES string of the molecule is CC.COC(=O)C1(C)COCOC1. The Hall–Kier alpha value is -0.610. The van der Waals surface area contributed by atoms with Crippen molar-refractivity contribution in [3.63, 3.8) is 0 Å². The highest BCUT2D eigenvalue weighted by atomic mass is 16.7. The van der Waals surface area contributed by atoms with Crippen LogP contribution in [0.15, 0.2) is 0 Å². The van der Waals surface area contributed by atoms with Gasteiger partial charge >= 0.3 is 5.97 Å². The van der Waals surface area contributed by atoms with Crippen molar-refractivity contribution >= 4 is 5.97 Å². The second-order valence-corrected chi connectivity index (χ2v) is 2.87. The summed E-state index contributed by atoms with van der Waals surface area (Å²) < 4.78 is 14.6. The molecule has 0 aromatic heterocycles. The fourth-order valence-corrected chi connectivity index (χ4v) is 0.999. The molecular weight excluding hydrogens is 172 g/mol. The molecule has 0 N–H and O–H groups in total. The summed E-state index contributed by atoms with van der Waals surface area (Å²) in [4.78, 5) is 11.1. The third-order valence-corrected chi connectivity index (χ3v) is 1.69. The highest BCUT2D eigenvalue weighted by molar-refractivity contribution is 5.76. The van der Waals surface area contributed by atoms with E-state index in [2.05, 4.69) is 4.74 Å². The third kappa shape index (κ3) is 3.32. The Bertz CT molecular complexity index is 150. The maximum absolute atomic E-state index is 11.1. The molecule has 1 heterocycles. The van der Waals surface area contributed by atoms with Gasteiger partial charge < -0.3 is 14.2 Å². The van der Waals surface area contributed by atoms with Crippen LogP contribution in [0, 0.1) is 5.41 Å². The molecule has 1 fully saturated rings. The summed E-state index contributed by atoms with van der Waals surface area (Å²) in [7, 11) is 1.36. The Morgan fingerprint density at radius 3 is 2.15 bits per heavy atom. The summed E-state index contributed by atoms with van der Waals surface area (Å²) in [5, 5.41) is 0. The minimum absolute atomic E-state index is 0.270. The van der Waals surface area contributed by atoms with E-state index in [0.29, 0.717) is 13.2 Å². The normalized spacial score (nSPS) is 19.7. The van der Waals surface area contributed by atoms with Crippen molar-refractivity contribution in [2.24, 2.45) is 5.41 Å². The van der Waals surface area contributed by atoms with Gasteiger partial charge in [0.2, 0.25) is 0 Å². The van der Waals surface area contributed by atoms with E-state index in [0.717, 1.165) is 0 Å². The van der Waals surface area contributed by atoms with Crippen LogP contribution in [0.25, 0.3) is 0 Å². The average molecular weight is 190 g/mol. The predicted octanol–water partition coefficient (Wildman–Crippen LogP) is 1.20. The maximum Gasteiger partial charge on any atom is 0.316 e. The minimum atomic E-state index is -0.618. The Labute approximate surface area is 79.2 Å². The molecule has 0 aromatic rings. The Kier molecular flexibility index (Phi) is 5.66. The second kappa shape index (κ2) is 5.94. The number of methoxy groups -OCH3 is 1. The molecule has 4 nitrogen and oxygen atoms in total. The van der Waals surface area contributed by atoms with Gasteiger partial charge in [0, 0.05) is 0 Å². The molecule has 1 aliphatic heterocycles. The lowest BCUT2D eigenvalue weighted by Gasteiger charge is -2.29. The van der Waals surface area contributed by atoms with Gasteiger partial charge in [-0.2, -0.15) is 0 Å². The van der Waals surface area contributed by atoms with Gasteiger partial charge in [0.05, 0.1) is 20.3 Å². The van der Waals surface area contributed by atoms with Gasteiger partial charge in [0.1, 0.15) is 12.2 Å². The Balaban J connectivity index is 0.000000671. The van der Waals surface area contributed by atoms with Gasteiger partial charge in [0.15, 0.2) is 0 Å². The van der Waals surface area contributed by atoms with E-state index in [1.165, 1.54) is 7.11 Å². The van der Waals surface area contributed by atoms with Crippen LogP contribution >= 0.6 is 0 Å². The molecule has 1 aliphatic rings. The van der Waals surface area contributed by atoms with Crippen LogP contribution in [-0.4, -0.2) is 33.1 Å². The highest BCUT2D eigenvalue weighted by Gasteiger charge is 2.37. The van der Waals surface area contributed by atoms with Gasteiger partial charge in [-0.05, 0) is 6.92 Å². The lowest BCUT2D eigenvalue weighted by Crippen LogP contribution is -2.42. The van der Waals surface area contributed by atoms with E-state index >= 15 is 0 Å². The monoisotopic (exact) mass is 190 g/mol. The molecule has 78 valence electrons. The van der Waals surface area contributed by atoms with Crippen molar-refractivity contribution in [1.82, 2.24) is 0 Å². The number of hydrogen-bond donors (Lipinski definition) is 0. The molecule has 0 radical (unpaired) electrons. The Morgan fingerprint density at radius 1 is 1.31 bits per heavy atom. The van der Waals surface area contributed by atoms with Crippen LogP contribution < -0.4 is 0 Å². The fourth-order valence-electron chi connectivity index (χ4n) is 0.999. The van der Waals surface area contributed by atoms with Crippen LogP contribution in [0.5, 0.6) is 0 Å². The van der Waals surface area contributed by atoms with Gasteiger partial charge in [-0.1, -0.05) is 13.8 Å². The first-order valence-corrected chi connectivity index (χ1v) is 4.43. The number of ether oxygens (including phenoxy) is 3. The quantitative estimate of drug-likeness (QED) is 0.583. The number of carbonyl (C=O) groups is 1. The van der Waals surface area contributed by atoms with Gasteiger partial charge in [0.25, 0.3) is 0 Å². The summed E-state index contributed by atoms with van der Waals surface area (Å²) in [5.41, 5.74) is -0.618. The summed E-state index contributed by atoms with van der Waals surface area (Å²) in [6, 6.07) is 0. The zero-order valence-corrected chi connectivity index (χ0v) is 8.75. The molecule has 0 spiro atoms. The molecule has 0 aliphatic carbocycles. The topological polar surface area (TPSA) is 44.8 Å². The third-order valence-electron chi connectivity index (χ3n) is 1.69. The van der Waals surface area contributed by atoms with E-state index < -0.39 is 5.41 Å². The fraction of sp³-hybridized carbons (Fsp3) is 0.889. The van der Waals surface area contributed by atoms with Crippen molar-refractivity contribution in [1.29, 1.82) is 0 Å². The van der Waals surface area contributed by atoms with Crippen molar-refractivity contribution < 1.29 is 19.0 Å². The molecule has 0 saturated carbocycles. The molecule has 13 heavy (non-hydrogen) atoms. The van der Waals surface area contributed by atoms with Crippen molar-refractivity contribution in [2.45, 2.75) is 20.8 Å². The zero-order valence-electron chi connectivity index (χ0n) is 8.75. The first-order valence-electron chi connectivity index (χ1n) is 4.43. The van der Waals surface area contributed by atoms with Crippen LogP contribution in [0.4, 0.5) is 0 Å². The van der Waals surface area contributed by atoms with Crippen molar-refractivity contribution in [3.8, 4) is 0 Å². The number of carbonyl (C=O) groups excluding carboxylic acids is 1. The van der Waals surface area contributed by atoms with Gasteiger partial charge in [-0.25, -0.2) is 0 Å². The van der Waals surface area contributed by atoms with Crippen LogP contribution in [0.3, 0.4) is 0 Å². The summed E-state index contributed by atoms with van der Waals surface area (Å²) in [6.07, 6.45) is 0. The first kappa shape index (κ1) is 12.4. The smallest absolute Gasteiger partial charge is 0.316 e. The van der Waals surface area contributed by atoms with E-state index in [-0.39, 0.29) is 12.8 Å². The van der Waals surface area contributed by atoms with Gasteiger partial charge in [-0.15, -0.1) is 0 Å². The van der Waals surface area contributed by atoms with E-state index in [9.17, 15) is 4.79 Å². The largest absolute Gasteiger partial charge is 0.468 e. The lowest BCUT2D eigenvalue weighted by atomic mass is 9.93. The molecule has 0 amide bonds. The first-order chi connectivity index (χ1) is 6.19. The second-order valence-electron chi connectivity index (χ2n) is 2.87. The summed E-state index contributed by atoms with van der Waals surface area (Å²) in [6.45, 7) is 6.78.